The van der Waals surface area contributed by atoms with E-state index in [0.717, 1.165) is 0 Å². The van der Waals surface area contributed by atoms with E-state index in [9.17, 15) is 9.00 Å². The van der Waals surface area contributed by atoms with Crippen molar-refractivity contribution in [3.63, 3.8) is 0 Å². The molecule has 1 aromatic carbocycles. The molecule has 15 heavy (non-hydrogen) atoms. The third-order valence-corrected chi connectivity index (χ3v) is 3.90. The molecule has 0 radical (unpaired) electrons. The van der Waals surface area contributed by atoms with Gasteiger partial charge in [0.05, 0.1) is 0 Å². The summed E-state index contributed by atoms with van der Waals surface area (Å²) in [5, 5.41) is 8.01. The van der Waals surface area contributed by atoms with Crippen molar-refractivity contribution >= 4 is 22.6 Å². The molecule has 1 atom stereocenters. The van der Waals surface area contributed by atoms with Crippen LogP contribution in [0.2, 0.25) is 0 Å². The topological polar surface area (TPSA) is 72.2 Å². The fraction of sp³-hybridized carbons (Fsp3) is 0.300. The number of nitrogens with two attached hydrogens (primary N) is 1. The summed E-state index contributed by atoms with van der Waals surface area (Å²) >= 11 is 0. The average molecular weight is 224 g/mol. The van der Waals surface area contributed by atoms with Gasteiger partial charge in [0.2, 0.25) is 5.91 Å². The molecule has 0 aromatic heterocycles. The van der Waals surface area contributed by atoms with E-state index >= 15 is 0 Å². The number of anilines is 1. The highest BCUT2D eigenvalue weighted by Crippen LogP contribution is 2.41. The SMILES string of the molecule is NS(=O)C1(C(=O)Nc2ccccc2)CC1. The van der Waals surface area contributed by atoms with Gasteiger partial charge in [0.15, 0.2) is 0 Å². The van der Waals surface area contributed by atoms with Gasteiger partial charge in [-0.3, -0.25) is 9.93 Å². The minimum absolute atomic E-state index is 0.241. The molecule has 80 valence electrons. The molecular formula is C10H12N2O2S. The van der Waals surface area contributed by atoms with Gasteiger partial charge < -0.3 is 5.32 Å². The molecule has 1 amide bonds. The minimum atomic E-state index is -1.58. The molecule has 5 heteroatoms. The van der Waals surface area contributed by atoms with Crippen molar-refractivity contribution < 1.29 is 9.00 Å². The number of benzene rings is 1. The molecule has 3 N–H and O–H groups in total. The Morgan fingerprint density at radius 1 is 1.33 bits per heavy atom. The van der Waals surface area contributed by atoms with E-state index in [1.807, 2.05) is 18.2 Å². The maximum absolute atomic E-state index is 11.8. The van der Waals surface area contributed by atoms with Crippen LogP contribution in [0.15, 0.2) is 30.3 Å². The van der Waals surface area contributed by atoms with E-state index in [1.165, 1.54) is 0 Å². The van der Waals surface area contributed by atoms with Gasteiger partial charge in [0, 0.05) is 5.69 Å². The van der Waals surface area contributed by atoms with Gasteiger partial charge in [-0.2, -0.15) is 0 Å². The first-order chi connectivity index (χ1) is 7.15. The first kappa shape index (κ1) is 10.3. The molecule has 2 rings (SSSR count). The predicted octanol–water partition coefficient (Wildman–Crippen LogP) is 0.780. The summed E-state index contributed by atoms with van der Waals surface area (Å²) in [6.45, 7) is 0. The van der Waals surface area contributed by atoms with Gasteiger partial charge >= 0.3 is 0 Å². The molecule has 1 aliphatic rings. The van der Waals surface area contributed by atoms with Gasteiger partial charge in [-0.1, -0.05) is 18.2 Å². The second-order valence-corrected chi connectivity index (χ2v) is 4.99. The molecule has 4 nitrogen and oxygen atoms in total. The third kappa shape index (κ3) is 1.93. The minimum Gasteiger partial charge on any atom is -0.325 e. The lowest BCUT2D eigenvalue weighted by Gasteiger charge is -2.11. The zero-order valence-corrected chi connectivity index (χ0v) is 8.92. The molecule has 0 aliphatic heterocycles. The molecule has 1 fully saturated rings. The Morgan fingerprint density at radius 3 is 2.40 bits per heavy atom. The normalized spacial score (nSPS) is 19.3. The van der Waals surface area contributed by atoms with Crippen LogP contribution in [0.5, 0.6) is 0 Å². The Kier molecular flexibility index (Phi) is 2.58. The Hall–Kier alpha value is -1.20. The highest BCUT2D eigenvalue weighted by molar-refractivity contribution is 7.85. The van der Waals surface area contributed by atoms with Crippen LogP contribution in [-0.2, 0) is 15.8 Å². The Balaban J connectivity index is 2.08. The Labute approximate surface area is 90.4 Å². The largest absolute Gasteiger partial charge is 0.325 e. The molecule has 0 bridgehead atoms. The van der Waals surface area contributed by atoms with Gasteiger partial charge in [0.25, 0.3) is 0 Å². The summed E-state index contributed by atoms with van der Waals surface area (Å²) in [7, 11) is -1.58. The number of hydrogen-bond donors (Lipinski definition) is 2. The van der Waals surface area contributed by atoms with Gasteiger partial charge in [-0.15, -0.1) is 0 Å². The van der Waals surface area contributed by atoms with Gasteiger partial charge in [0.1, 0.15) is 15.7 Å². The number of rotatable bonds is 3. The molecular weight excluding hydrogens is 212 g/mol. The fourth-order valence-electron chi connectivity index (χ4n) is 1.40. The molecule has 1 unspecified atom stereocenters. The van der Waals surface area contributed by atoms with Crippen LogP contribution in [-0.4, -0.2) is 14.9 Å². The summed E-state index contributed by atoms with van der Waals surface area (Å²) in [6, 6.07) is 9.09. The Morgan fingerprint density at radius 2 is 1.93 bits per heavy atom. The second kappa shape index (κ2) is 3.75. The van der Waals surface area contributed by atoms with E-state index in [4.69, 9.17) is 5.14 Å². The smallest absolute Gasteiger partial charge is 0.244 e. The number of nitrogens with one attached hydrogen (secondary N) is 1. The average Bonchev–Trinajstić information content (AvgIpc) is 2.99. The summed E-state index contributed by atoms with van der Waals surface area (Å²) in [5.41, 5.74) is 0.708. The number of carbonyl (C=O) groups excluding carboxylic acids is 1. The summed E-state index contributed by atoms with van der Waals surface area (Å²) in [4.78, 5) is 11.8. The molecule has 1 saturated carbocycles. The van der Waals surface area contributed by atoms with Crippen LogP contribution in [0.3, 0.4) is 0 Å². The standard InChI is InChI=1S/C10H12N2O2S/c11-15(14)10(6-7-10)9(13)12-8-4-2-1-3-5-8/h1-5H,6-7,11H2,(H,12,13). The summed E-state index contributed by atoms with van der Waals surface area (Å²) < 4.78 is 10.4. The van der Waals surface area contributed by atoms with Crippen LogP contribution in [0.25, 0.3) is 0 Å². The van der Waals surface area contributed by atoms with E-state index < -0.39 is 15.7 Å². The van der Waals surface area contributed by atoms with Crippen LogP contribution < -0.4 is 10.5 Å². The van der Waals surface area contributed by atoms with E-state index in [2.05, 4.69) is 5.32 Å². The van der Waals surface area contributed by atoms with Crippen LogP contribution in [0.1, 0.15) is 12.8 Å². The van der Waals surface area contributed by atoms with Crippen molar-refractivity contribution in [2.45, 2.75) is 17.6 Å². The first-order valence-electron chi connectivity index (χ1n) is 4.68. The Bertz CT molecular complexity index is 401. The lowest BCUT2D eigenvalue weighted by molar-refractivity contribution is -0.116. The van der Waals surface area contributed by atoms with Gasteiger partial charge in [-0.05, 0) is 25.0 Å². The van der Waals surface area contributed by atoms with Crippen molar-refractivity contribution in [1.29, 1.82) is 0 Å². The maximum atomic E-state index is 11.8. The van der Waals surface area contributed by atoms with Gasteiger partial charge in [-0.25, -0.2) is 4.21 Å². The first-order valence-corrected chi connectivity index (χ1v) is 5.89. The van der Waals surface area contributed by atoms with Crippen LogP contribution in [0.4, 0.5) is 5.69 Å². The lowest BCUT2D eigenvalue weighted by Crippen LogP contribution is -2.37. The summed E-state index contributed by atoms with van der Waals surface area (Å²) in [5.74, 6) is -0.241. The monoisotopic (exact) mass is 224 g/mol. The molecule has 1 aliphatic carbocycles. The van der Waals surface area contributed by atoms with Crippen molar-refractivity contribution in [2.75, 3.05) is 5.32 Å². The van der Waals surface area contributed by atoms with Crippen molar-refractivity contribution in [1.82, 2.24) is 0 Å². The number of para-hydroxylation sites is 1. The van der Waals surface area contributed by atoms with E-state index in [1.54, 1.807) is 12.1 Å². The number of amides is 1. The molecule has 0 heterocycles. The maximum Gasteiger partial charge on any atom is 0.244 e. The van der Waals surface area contributed by atoms with Crippen molar-refractivity contribution in [3.05, 3.63) is 30.3 Å². The fourth-order valence-corrected chi connectivity index (χ4v) is 2.14. The molecule has 0 saturated heterocycles. The van der Waals surface area contributed by atoms with Crippen molar-refractivity contribution in [3.8, 4) is 0 Å². The van der Waals surface area contributed by atoms with Crippen LogP contribution >= 0.6 is 0 Å². The zero-order chi connectivity index (χ0) is 10.9. The second-order valence-electron chi connectivity index (χ2n) is 3.61. The van der Waals surface area contributed by atoms with E-state index in [-0.39, 0.29) is 5.91 Å². The number of hydrogen-bond acceptors (Lipinski definition) is 2. The third-order valence-electron chi connectivity index (χ3n) is 2.53. The van der Waals surface area contributed by atoms with Crippen molar-refractivity contribution in [2.24, 2.45) is 5.14 Å². The molecule has 0 spiro atoms. The van der Waals surface area contributed by atoms with Crippen LogP contribution in [0, 0.1) is 0 Å². The highest BCUT2D eigenvalue weighted by Gasteiger charge is 2.54. The number of carbonyl (C=O) groups is 1. The summed E-state index contributed by atoms with van der Waals surface area (Å²) in [6.07, 6.45) is 1.21. The highest BCUT2D eigenvalue weighted by atomic mass is 32.2. The van der Waals surface area contributed by atoms with E-state index in [0.29, 0.717) is 18.5 Å². The zero-order valence-electron chi connectivity index (χ0n) is 8.10. The quantitative estimate of drug-likeness (QED) is 0.796. The molecule has 1 aromatic rings. The lowest BCUT2D eigenvalue weighted by atomic mass is 10.3. The predicted molar refractivity (Wildman–Crippen MR) is 59.4 cm³/mol.